The van der Waals surface area contributed by atoms with Crippen LogP contribution in [-0.4, -0.2) is 0 Å². The van der Waals surface area contributed by atoms with Crippen LogP contribution in [0.3, 0.4) is 0 Å². The molecule has 0 fully saturated rings. The van der Waals surface area contributed by atoms with Crippen LogP contribution < -0.4 is 18.0 Å². The second-order valence-electron chi connectivity index (χ2n) is 8.41. The van der Waals surface area contributed by atoms with Gasteiger partial charge in [-0.25, -0.2) is 0 Å². The summed E-state index contributed by atoms with van der Waals surface area (Å²) in [6.45, 7) is 2.25. The van der Waals surface area contributed by atoms with Crippen LogP contribution in [-0.2, 0) is 29.3 Å². The van der Waals surface area contributed by atoms with Crippen molar-refractivity contribution < 1.29 is 32.3 Å². The summed E-state index contributed by atoms with van der Waals surface area (Å²) in [5.41, 5.74) is 10.5. The van der Waals surface area contributed by atoms with Gasteiger partial charge in [-0.3, -0.25) is 0 Å². The monoisotopic (exact) mass is 620 g/mol. The van der Waals surface area contributed by atoms with Crippen molar-refractivity contribution in [2.75, 3.05) is 0 Å². The van der Waals surface area contributed by atoms with E-state index in [1.54, 1.807) is 19.8 Å². The van der Waals surface area contributed by atoms with E-state index in [9.17, 15) is 0 Å². The van der Waals surface area contributed by atoms with E-state index < -0.39 is 22.9 Å². The third kappa shape index (κ3) is 4.34. The van der Waals surface area contributed by atoms with Crippen molar-refractivity contribution in [3.63, 3.8) is 0 Å². The molecule has 4 aromatic rings. The maximum atomic E-state index is 2.51. The summed E-state index contributed by atoms with van der Waals surface area (Å²) in [5.74, 6) is 0. The minimum atomic E-state index is -1.16. The molecule has 162 valence electrons. The van der Waals surface area contributed by atoms with Gasteiger partial charge >= 0.3 is 198 Å². The van der Waals surface area contributed by atoms with E-state index in [1.807, 2.05) is 0 Å². The van der Waals surface area contributed by atoms with Crippen LogP contribution in [0.5, 0.6) is 0 Å². The van der Waals surface area contributed by atoms with Gasteiger partial charge in [-0.15, -0.1) is 0 Å². The van der Waals surface area contributed by atoms with Gasteiger partial charge in [0.2, 0.25) is 0 Å². The Balaban J connectivity index is 0.00000130. The summed E-state index contributed by atoms with van der Waals surface area (Å²) in [7, 11) is 0.773. The molecule has 0 saturated carbocycles. The molecule has 0 heterocycles. The van der Waals surface area contributed by atoms with E-state index >= 15 is 0 Å². The predicted molar refractivity (Wildman–Crippen MR) is 131 cm³/mol. The van der Waals surface area contributed by atoms with Crippen LogP contribution in [0.2, 0.25) is 0 Å². The van der Waals surface area contributed by atoms with Crippen LogP contribution in [0.25, 0.3) is 17.2 Å². The first-order valence-electron chi connectivity index (χ1n) is 10.9. The molecule has 0 bridgehead atoms. The zero-order valence-corrected chi connectivity index (χ0v) is 22.9. The van der Waals surface area contributed by atoms with Gasteiger partial charge in [0.05, 0.1) is 0 Å². The molecule has 0 amide bonds. The van der Waals surface area contributed by atoms with Crippen LogP contribution in [0.15, 0.2) is 96.3 Å². The fourth-order valence-electron chi connectivity index (χ4n) is 4.90. The van der Waals surface area contributed by atoms with E-state index in [2.05, 4.69) is 104 Å². The van der Waals surface area contributed by atoms with E-state index in [0.29, 0.717) is 3.67 Å². The first kappa shape index (κ1) is 23.9. The van der Waals surface area contributed by atoms with Gasteiger partial charge in [-0.05, 0) is 0 Å². The number of rotatable bonds is 4. The summed E-state index contributed by atoms with van der Waals surface area (Å²) < 4.78 is 2.36. The van der Waals surface area contributed by atoms with Crippen LogP contribution in [0.1, 0.15) is 31.5 Å². The fourth-order valence-corrected chi connectivity index (χ4v) is 13.2. The van der Waals surface area contributed by atoms with Gasteiger partial charge in [0.15, 0.2) is 0 Å². The molecule has 2 unspecified atom stereocenters. The van der Waals surface area contributed by atoms with Crippen molar-refractivity contribution in [3.8, 4) is 11.1 Å². The number of allylic oxidation sites excluding steroid dienone is 1. The Hall–Kier alpha value is -2.22. The van der Waals surface area contributed by atoms with E-state index in [1.165, 1.54) is 33.1 Å². The fraction of sp³-hybridized carbons (Fsp3) is 0.103. The topological polar surface area (TPSA) is 0 Å². The molecule has 0 nitrogen and oxygen atoms in total. The molecule has 4 aromatic carbocycles. The van der Waals surface area contributed by atoms with Gasteiger partial charge in [-0.1, -0.05) is 0 Å². The van der Waals surface area contributed by atoms with Crippen molar-refractivity contribution >= 4 is 23.3 Å². The Morgan fingerprint density at radius 2 is 1.48 bits per heavy atom. The molecule has 0 aromatic heterocycles. The number of hydrogen-bond acceptors (Lipinski definition) is 0. The molecule has 6 rings (SSSR count). The largest absolute Gasteiger partial charge is 1.00 e. The summed E-state index contributed by atoms with van der Waals surface area (Å²) in [6, 6.07) is 34.1. The molecule has 0 aliphatic heterocycles. The summed E-state index contributed by atoms with van der Waals surface area (Å²) >= 11 is -1.16. The maximum absolute atomic E-state index is 2.51. The SMILES string of the molecule is Cc1ccccc1PC1=Cc2ccccc2[CH]1[Hf+2][c]1cccc2c1Cc1ccccc1-2.[F-].[F-]. The smallest absolute Gasteiger partial charge is 1.00 e. The molecular formula is C29H23F2HfP. The quantitative estimate of drug-likeness (QED) is 0.202. The van der Waals surface area contributed by atoms with Gasteiger partial charge in [0, 0.05) is 0 Å². The summed E-state index contributed by atoms with van der Waals surface area (Å²) in [6.07, 6.45) is 3.62. The molecule has 4 heteroatoms. The molecule has 33 heavy (non-hydrogen) atoms. The second-order valence-corrected chi connectivity index (χ2v) is 14.8. The third-order valence-corrected chi connectivity index (χ3v) is 15.2. The summed E-state index contributed by atoms with van der Waals surface area (Å²) in [5, 5.41) is 3.16. The number of halogens is 2. The van der Waals surface area contributed by atoms with Crippen LogP contribution >= 0.6 is 8.58 Å². The Morgan fingerprint density at radius 1 is 0.758 bits per heavy atom. The standard InChI is InChI=1S/C16H14P.C13H9.2FH.Hf/c1-12-6-2-5-9-16(12)17-15-10-13-7-3-4-8-14(13)11-15;1-3-7-12-10(5-1)9-11-6-2-4-8-13(11)12;;;/h2-11,17H,1H3;1-5,7-8H,9H2;2*1H;/q;;;;+2/p-2. The van der Waals surface area contributed by atoms with E-state index in [4.69, 9.17) is 0 Å². The Bertz CT molecular complexity index is 1350. The average Bonchev–Trinajstić information content (AvgIpc) is 3.34. The Labute approximate surface area is 207 Å². The minimum Gasteiger partial charge on any atom is -1.00 e. The van der Waals surface area contributed by atoms with Crippen molar-refractivity contribution in [2.45, 2.75) is 17.0 Å². The van der Waals surface area contributed by atoms with E-state index in [0.717, 1.165) is 15.0 Å². The molecule has 2 atom stereocenters. The van der Waals surface area contributed by atoms with Crippen molar-refractivity contribution in [3.05, 3.63) is 124 Å². The van der Waals surface area contributed by atoms with Crippen molar-refractivity contribution in [2.24, 2.45) is 0 Å². The zero-order valence-electron chi connectivity index (χ0n) is 18.3. The number of fused-ring (bicyclic) bond motifs is 4. The number of hydrogen-bond donors (Lipinski definition) is 0. The first-order chi connectivity index (χ1) is 15.3. The third-order valence-electron chi connectivity index (χ3n) is 6.50. The van der Waals surface area contributed by atoms with Crippen molar-refractivity contribution in [1.82, 2.24) is 0 Å². The van der Waals surface area contributed by atoms with Crippen LogP contribution in [0, 0.1) is 6.92 Å². The zero-order chi connectivity index (χ0) is 20.8. The molecular weight excluding hydrogens is 596 g/mol. The average molecular weight is 619 g/mol. The first-order valence-corrected chi connectivity index (χ1v) is 15.7. The van der Waals surface area contributed by atoms with Gasteiger partial charge < -0.3 is 9.41 Å². The van der Waals surface area contributed by atoms with Crippen LogP contribution in [0.4, 0.5) is 0 Å². The summed E-state index contributed by atoms with van der Waals surface area (Å²) in [4.78, 5) is 0. The Morgan fingerprint density at radius 3 is 2.36 bits per heavy atom. The predicted octanol–water partition coefficient (Wildman–Crippen LogP) is 0.382. The van der Waals surface area contributed by atoms with Crippen molar-refractivity contribution in [1.29, 1.82) is 0 Å². The normalized spacial score (nSPS) is 15.1. The van der Waals surface area contributed by atoms with Gasteiger partial charge in [0.25, 0.3) is 0 Å². The van der Waals surface area contributed by atoms with E-state index in [-0.39, 0.29) is 9.41 Å². The molecule has 0 radical (unpaired) electrons. The second kappa shape index (κ2) is 9.95. The molecule has 2 aliphatic carbocycles. The maximum Gasteiger partial charge on any atom is -1.00 e. The van der Waals surface area contributed by atoms with Gasteiger partial charge in [0.1, 0.15) is 0 Å². The molecule has 2 aliphatic rings. The Kier molecular flexibility index (Phi) is 7.22. The number of aryl methyl sites for hydroxylation is 1. The molecule has 0 spiro atoms. The molecule has 0 saturated heterocycles. The number of benzene rings is 4. The molecule has 0 N–H and O–H groups in total. The minimum absolute atomic E-state index is 0. The van der Waals surface area contributed by atoms with Gasteiger partial charge in [-0.2, -0.15) is 0 Å².